The SMILES string of the molecule is O=C(O)CS[C@H]1CCC(=O)N1Cc1ccccc1. The first-order valence-electron chi connectivity index (χ1n) is 5.83. The number of carboxylic acids is 1. The number of benzene rings is 1. The molecule has 4 nitrogen and oxygen atoms in total. The summed E-state index contributed by atoms with van der Waals surface area (Å²) < 4.78 is 0. The van der Waals surface area contributed by atoms with Crippen molar-refractivity contribution in [1.29, 1.82) is 0 Å². The number of amides is 1. The second-order valence-corrected chi connectivity index (χ2v) is 5.37. The smallest absolute Gasteiger partial charge is 0.313 e. The standard InChI is InChI=1S/C13H15NO3S/c15-11-6-7-12(18-9-13(16)17)14(11)8-10-4-2-1-3-5-10/h1-5,12H,6-9H2,(H,16,17)/t12-/m0/s1. The molecule has 1 heterocycles. The Balaban J connectivity index is 1.99. The Morgan fingerprint density at radius 2 is 2.11 bits per heavy atom. The summed E-state index contributed by atoms with van der Waals surface area (Å²) in [7, 11) is 0. The molecule has 0 spiro atoms. The van der Waals surface area contributed by atoms with Gasteiger partial charge in [-0.3, -0.25) is 9.59 Å². The van der Waals surface area contributed by atoms with Crippen LogP contribution < -0.4 is 0 Å². The number of hydrogen-bond donors (Lipinski definition) is 1. The molecular formula is C13H15NO3S. The highest BCUT2D eigenvalue weighted by Gasteiger charge is 2.31. The number of hydrogen-bond acceptors (Lipinski definition) is 3. The third-order valence-electron chi connectivity index (χ3n) is 2.87. The molecule has 5 heteroatoms. The van der Waals surface area contributed by atoms with E-state index in [0.29, 0.717) is 13.0 Å². The number of likely N-dealkylation sites (tertiary alicyclic amines) is 1. The molecule has 1 saturated heterocycles. The Hall–Kier alpha value is -1.49. The summed E-state index contributed by atoms with van der Waals surface area (Å²) in [5.41, 5.74) is 1.08. The van der Waals surface area contributed by atoms with E-state index in [9.17, 15) is 9.59 Å². The van der Waals surface area contributed by atoms with Gasteiger partial charge in [-0.05, 0) is 12.0 Å². The van der Waals surface area contributed by atoms with E-state index < -0.39 is 5.97 Å². The molecule has 1 amide bonds. The van der Waals surface area contributed by atoms with Crippen LogP contribution in [0.4, 0.5) is 0 Å². The molecule has 0 bridgehead atoms. The summed E-state index contributed by atoms with van der Waals surface area (Å²) in [6, 6.07) is 9.77. The van der Waals surface area contributed by atoms with Crippen LogP contribution in [-0.4, -0.2) is 33.0 Å². The van der Waals surface area contributed by atoms with E-state index >= 15 is 0 Å². The van der Waals surface area contributed by atoms with Gasteiger partial charge in [0.05, 0.1) is 11.1 Å². The summed E-state index contributed by atoms with van der Waals surface area (Å²) in [5, 5.41) is 8.69. The van der Waals surface area contributed by atoms with E-state index in [0.717, 1.165) is 12.0 Å². The van der Waals surface area contributed by atoms with Crippen molar-refractivity contribution in [2.75, 3.05) is 5.75 Å². The van der Waals surface area contributed by atoms with Crippen LogP contribution in [0.3, 0.4) is 0 Å². The quantitative estimate of drug-likeness (QED) is 0.884. The zero-order valence-corrected chi connectivity index (χ0v) is 10.7. The predicted octanol–water partition coefficient (Wildman–Crippen LogP) is 1.95. The van der Waals surface area contributed by atoms with Crippen molar-refractivity contribution in [3.8, 4) is 0 Å². The van der Waals surface area contributed by atoms with Gasteiger partial charge in [0.25, 0.3) is 0 Å². The predicted molar refractivity (Wildman–Crippen MR) is 70.1 cm³/mol. The van der Waals surface area contributed by atoms with Gasteiger partial charge in [-0.1, -0.05) is 30.3 Å². The van der Waals surface area contributed by atoms with Crippen LogP contribution >= 0.6 is 11.8 Å². The summed E-state index contributed by atoms with van der Waals surface area (Å²) in [5.74, 6) is -0.677. The fraction of sp³-hybridized carbons (Fsp3) is 0.385. The number of carboxylic acid groups (broad SMARTS) is 1. The molecule has 1 fully saturated rings. The molecule has 0 radical (unpaired) electrons. The molecule has 1 aromatic carbocycles. The molecule has 96 valence electrons. The molecule has 1 atom stereocenters. The first-order chi connectivity index (χ1) is 8.66. The summed E-state index contributed by atoms with van der Waals surface area (Å²) in [4.78, 5) is 24.2. The second kappa shape index (κ2) is 5.91. The van der Waals surface area contributed by atoms with Crippen LogP contribution in [0.2, 0.25) is 0 Å². The fourth-order valence-corrected chi connectivity index (χ4v) is 3.01. The molecule has 1 aliphatic heterocycles. The minimum Gasteiger partial charge on any atom is -0.481 e. The van der Waals surface area contributed by atoms with Crippen LogP contribution in [0.1, 0.15) is 18.4 Å². The van der Waals surface area contributed by atoms with Crippen LogP contribution in [0.15, 0.2) is 30.3 Å². The molecule has 0 unspecified atom stereocenters. The first-order valence-corrected chi connectivity index (χ1v) is 6.88. The minimum atomic E-state index is -0.834. The van der Waals surface area contributed by atoms with E-state index in [2.05, 4.69) is 0 Å². The van der Waals surface area contributed by atoms with Gasteiger partial charge in [-0.25, -0.2) is 0 Å². The minimum absolute atomic E-state index is 0.00574. The lowest BCUT2D eigenvalue weighted by molar-refractivity contribution is -0.134. The molecule has 1 N–H and O–H groups in total. The van der Waals surface area contributed by atoms with E-state index in [4.69, 9.17) is 5.11 Å². The Bertz CT molecular complexity index is 435. The summed E-state index contributed by atoms with van der Waals surface area (Å²) in [6.45, 7) is 0.566. The van der Waals surface area contributed by atoms with Gasteiger partial charge < -0.3 is 10.0 Å². The monoisotopic (exact) mass is 265 g/mol. The number of carbonyl (C=O) groups is 2. The largest absolute Gasteiger partial charge is 0.481 e. The van der Waals surface area contributed by atoms with Crippen molar-refractivity contribution < 1.29 is 14.7 Å². The van der Waals surface area contributed by atoms with E-state index in [1.807, 2.05) is 30.3 Å². The highest BCUT2D eigenvalue weighted by Crippen LogP contribution is 2.29. The van der Waals surface area contributed by atoms with Crippen molar-refractivity contribution in [3.63, 3.8) is 0 Å². The molecule has 2 rings (SSSR count). The van der Waals surface area contributed by atoms with Crippen molar-refractivity contribution in [1.82, 2.24) is 4.90 Å². The number of rotatable bonds is 5. The van der Waals surface area contributed by atoms with Crippen LogP contribution in [0, 0.1) is 0 Å². The van der Waals surface area contributed by atoms with E-state index in [1.54, 1.807) is 4.90 Å². The highest BCUT2D eigenvalue weighted by molar-refractivity contribution is 8.00. The zero-order chi connectivity index (χ0) is 13.0. The molecule has 1 aromatic rings. The number of thioether (sulfide) groups is 1. The van der Waals surface area contributed by atoms with Crippen molar-refractivity contribution in [2.24, 2.45) is 0 Å². The zero-order valence-electron chi connectivity index (χ0n) is 9.91. The lowest BCUT2D eigenvalue weighted by Crippen LogP contribution is -2.31. The lowest BCUT2D eigenvalue weighted by atomic mass is 10.2. The van der Waals surface area contributed by atoms with Gasteiger partial charge in [0.2, 0.25) is 5.91 Å². The molecular weight excluding hydrogens is 250 g/mol. The van der Waals surface area contributed by atoms with Gasteiger partial charge in [0.15, 0.2) is 0 Å². The van der Waals surface area contributed by atoms with Crippen molar-refractivity contribution in [3.05, 3.63) is 35.9 Å². The number of nitrogens with zero attached hydrogens (tertiary/aromatic N) is 1. The maximum atomic E-state index is 11.8. The molecule has 1 aliphatic rings. The maximum Gasteiger partial charge on any atom is 0.313 e. The van der Waals surface area contributed by atoms with Crippen LogP contribution in [-0.2, 0) is 16.1 Å². The van der Waals surface area contributed by atoms with E-state index in [1.165, 1.54) is 11.8 Å². The second-order valence-electron chi connectivity index (χ2n) is 4.21. The topological polar surface area (TPSA) is 57.6 Å². The van der Waals surface area contributed by atoms with Crippen LogP contribution in [0.25, 0.3) is 0 Å². The lowest BCUT2D eigenvalue weighted by Gasteiger charge is -2.24. The number of carbonyl (C=O) groups excluding carboxylic acids is 1. The summed E-state index contributed by atoms with van der Waals surface area (Å²) in [6.07, 6.45) is 1.26. The maximum absolute atomic E-state index is 11.8. The van der Waals surface area contributed by atoms with Crippen molar-refractivity contribution >= 4 is 23.6 Å². The Kier molecular flexibility index (Phi) is 4.25. The first kappa shape index (κ1) is 13.0. The third-order valence-corrected chi connectivity index (χ3v) is 4.16. The average molecular weight is 265 g/mol. The molecule has 0 aromatic heterocycles. The molecule has 0 saturated carbocycles. The van der Waals surface area contributed by atoms with E-state index in [-0.39, 0.29) is 17.0 Å². The molecule has 0 aliphatic carbocycles. The fourth-order valence-electron chi connectivity index (χ4n) is 2.02. The number of aliphatic carboxylic acids is 1. The van der Waals surface area contributed by atoms with Gasteiger partial charge in [-0.15, -0.1) is 11.8 Å². The van der Waals surface area contributed by atoms with Gasteiger partial charge in [0.1, 0.15) is 0 Å². The Morgan fingerprint density at radius 3 is 2.78 bits per heavy atom. The van der Waals surface area contributed by atoms with Crippen LogP contribution in [0.5, 0.6) is 0 Å². The highest BCUT2D eigenvalue weighted by atomic mass is 32.2. The Labute approximate surface area is 110 Å². The normalized spacial score (nSPS) is 19.2. The average Bonchev–Trinajstić information content (AvgIpc) is 2.70. The Morgan fingerprint density at radius 1 is 1.39 bits per heavy atom. The molecule has 18 heavy (non-hydrogen) atoms. The van der Waals surface area contributed by atoms with Gasteiger partial charge >= 0.3 is 5.97 Å². The third kappa shape index (κ3) is 3.26. The van der Waals surface area contributed by atoms with Gasteiger partial charge in [0, 0.05) is 13.0 Å². The summed E-state index contributed by atoms with van der Waals surface area (Å²) >= 11 is 1.33. The van der Waals surface area contributed by atoms with Gasteiger partial charge in [-0.2, -0.15) is 0 Å². The van der Waals surface area contributed by atoms with Crippen molar-refractivity contribution in [2.45, 2.75) is 24.8 Å².